The minimum absolute atomic E-state index is 0.229. The van der Waals surface area contributed by atoms with Gasteiger partial charge < -0.3 is 0 Å². The van der Waals surface area contributed by atoms with E-state index in [0.717, 1.165) is 5.69 Å². The van der Waals surface area contributed by atoms with E-state index in [1.807, 2.05) is 13.0 Å². The Morgan fingerprint density at radius 2 is 2.38 bits per heavy atom. The Hall–Kier alpha value is -1.17. The van der Waals surface area contributed by atoms with E-state index in [2.05, 4.69) is 25.9 Å². The molecule has 24 heavy (non-hydrogen) atoms. The zero-order chi connectivity index (χ0) is 17.5. The fraction of sp³-hybridized carbons (Fsp3) is 0.286. The van der Waals surface area contributed by atoms with Crippen molar-refractivity contribution in [2.75, 3.05) is 24.3 Å². The Morgan fingerprint density at radius 3 is 2.96 bits per heavy atom. The number of carbonyl (C=O) groups excluding carboxylic acids is 1. The second kappa shape index (κ2) is 9.35. The van der Waals surface area contributed by atoms with Crippen LogP contribution in [0.2, 0.25) is 5.15 Å². The van der Waals surface area contributed by atoms with E-state index in [1.165, 1.54) is 4.90 Å². The Morgan fingerprint density at radius 1 is 1.58 bits per heavy atom. The average Bonchev–Trinajstić information content (AvgIpc) is 2.99. The number of carbonyl (C=O) groups is 1. The number of halogens is 2. The molecule has 0 atom stereocenters. The molecule has 0 fully saturated rings. The van der Waals surface area contributed by atoms with Crippen molar-refractivity contribution in [1.82, 2.24) is 14.8 Å². The van der Waals surface area contributed by atoms with Crippen LogP contribution in [0.5, 0.6) is 0 Å². The van der Waals surface area contributed by atoms with Gasteiger partial charge in [-0.3, -0.25) is 0 Å². The van der Waals surface area contributed by atoms with E-state index in [-0.39, 0.29) is 16.8 Å². The summed E-state index contributed by atoms with van der Waals surface area (Å²) in [6.07, 6.45) is 5.03. The van der Waals surface area contributed by atoms with Gasteiger partial charge in [0.2, 0.25) is 0 Å². The molecule has 0 bridgehead atoms. The minimum atomic E-state index is -0.863. The Balaban J connectivity index is 2.34. The molecular weight excluding hydrogens is 465 g/mol. The number of anilines is 1. The summed E-state index contributed by atoms with van der Waals surface area (Å²) in [6, 6.07) is 3.65. The van der Waals surface area contributed by atoms with E-state index in [1.54, 1.807) is 36.4 Å². The van der Waals surface area contributed by atoms with Gasteiger partial charge in [0.25, 0.3) is 0 Å². The Labute approximate surface area is 161 Å². The number of aromatic nitrogens is 3. The molecule has 0 saturated carbocycles. The second-order valence-corrected chi connectivity index (χ2v) is 6.85. The zero-order valence-electron chi connectivity index (χ0n) is 13.1. The summed E-state index contributed by atoms with van der Waals surface area (Å²) in [6.45, 7) is 2.28. The molecule has 0 N–H and O–H groups in total. The topological polar surface area (TPSA) is 72.6 Å². The molecule has 130 valence electrons. The van der Waals surface area contributed by atoms with Crippen LogP contribution in [-0.2, 0) is 7.86 Å². The molecular formula is C14H16ClIN5O2S-. The number of pyridine rings is 1. The van der Waals surface area contributed by atoms with E-state index < -0.39 is 21.9 Å². The van der Waals surface area contributed by atoms with Gasteiger partial charge in [0.1, 0.15) is 0 Å². The van der Waals surface area contributed by atoms with Gasteiger partial charge in [0, 0.05) is 0 Å². The summed E-state index contributed by atoms with van der Waals surface area (Å²) in [5.41, 5.74) is 1.61. The van der Waals surface area contributed by atoms with Crippen LogP contribution < -0.4 is 26.8 Å². The van der Waals surface area contributed by atoms with Crippen LogP contribution in [0, 0.1) is 0 Å². The van der Waals surface area contributed by atoms with Crippen molar-refractivity contribution >= 4 is 41.5 Å². The van der Waals surface area contributed by atoms with Crippen LogP contribution in [0.15, 0.2) is 33.9 Å². The Bertz CT molecular complexity index is 725. The van der Waals surface area contributed by atoms with Crippen LogP contribution in [-0.4, -0.2) is 45.8 Å². The van der Waals surface area contributed by atoms with Crippen LogP contribution >= 0.6 is 24.2 Å². The van der Waals surface area contributed by atoms with Gasteiger partial charge >= 0.3 is 162 Å². The molecule has 0 saturated heterocycles. The predicted octanol–water partition coefficient (Wildman–Crippen LogP) is -0.790. The number of hydrogen-bond donors (Lipinski definition) is 1. The van der Waals surface area contributed by atoms with Gasteiger partial charge in [-0.25, -0.2) is 0 Å². The molecule has 2 rings (SSSR count). The fourth-order valence-electron chi connectivity index (χ4n) is 1.93. The van der Waals surface area contributed by atoms with Crippen LogP contribution in [0.25, 0.3) is 5.69 Å². The van der Waals surface area contributed by atoms with Crippen LogP contribution in [0.4, 0.5) is 5.69 Å². The average molecular weight is 481 g/mol. The number of thiol groups is 1. The molecule has 1 amide bonds. The molecule has 0 aliphatic rings. The molecule has 0 unspecified atom stereocenters. The van der Waals surface area contributed by atoms with E-state index in [4.69, 9.17) is 14.7 Å². The molecule has 0 spiro atoms. The number of rotatable bonds is 7. The van der Waals surface area contributed by atoms with Crippen LogP contribution in [0.1, 0.15) is 6.92 Å². The fourth-order valence-corrected chi connectivity index (χ4v) is 3.45. The molecule has 2 aromatic heterocycles. The summed E-state index contributed by atoms with van der Waals surface area (Å²) in [5.74, 6) is -0.0239. The Kier molecular flexibility index (Phi) is 7.46. The first kappa shape index (κ1) is 19.2. The first-order valence-corrected chi connectivity index (χ1v) is 9.80. The van der Waals surface area contributed by atoms with Gasteiger partial charge in [0.15, 0.2) is 0 Å². The van der Waals surface area contributed by atoms with Crippen molar-refractivity contribution < 1.29 is 29.8 Å². The number of nitrogens with zero attached hydrogens (tertiary/aromatic N) is 5. The van der Waals surface area contributed by atoms with Crippen molar-refractivity contribution in [3.63, 3.8) is 0 Å². The predicted molar refractivity (Wildman–Crippen MR) is 92.7 cm³/mol. The third-order valence-electron chi connectivity index (χ3n) is 3.02. The summed E-state index contributed by atoms with van der Waals surface area (Å²) in [7, 11) is 1.56. The third kappa shape index (κ3) is 4.47. The molecule has 0 radical (unpaired) electrons. The summed E-state index contributed by atoms with van der Waals surface area (Å²) < 4.78 is 10.8. The standard InChI is InChI=1S/C14H16ClIN5O2S/c1-3-20(14(22)11(9-24)18-16-23-2)12-8-21(19-13(12)15)10-5-4-6-17-7-10/h4-8,24H,3,9H2,1-2H3/q-1. The van der Waals surface area contributed by atoms with Gasteiger partial charge in [-0.2, -0.15) is 0 Å². The third-order valence-corrected chi connectivity index (χ3v) is 4.76. The van der Waals surface area contributed by atoms with Crippen molar-refractivity contribution in [3.8, 4) is 5.69 Å². The van der Waals surface area contributed by atoms with Gasteiger partial charge in [-0.1, -0.05) is 0 Å². The van der Waals surface area contributed by atoms with Gasteiger partial charge in [-0.05, 0) is 0 Å². The zero-order valence-corrected chi connectivity index (χ0v) is 16.9. The van der Waals surface area contributed by atoms with E-state index in [0.29, 0.717) is 17.9 Å². The second-order valence-electron chi connectivity index (χ2n) is 4.42. The van der Waals surface area contributed by atoms with Crippen molar-refractivity contribution in [1.29, 1.82) is 0 Å². The van der Waals surface area contributed by atoms with Crippen LogP contribution in [0.3, 0.4) is 0 Å². The van der Waals surface area contributed by atoms with E-state index in [9.17, 15) is 4.79 Å². The van der Waals surface area contributed by atoms with Crippen molar-refractivity contribution in [3.05, 3.63) is 35.9 Å². The van der Waals surface area contributed by atoms with Gasteiger partial charge in [0.05, 0.1) is 0 Å². The molecule has 0 aliphatic heterocycles. The number of hydrogen-bond acceptors (Lipinski definition) is 6. The maximum absolute atomic E-state index is 12.7. The van der Waals surface area contributed by atoms with Crippen molar-refractivity contribution in [2.45, 2.75) is 6.92 Å². The first-order valence-electron chi connectivity index (χ1n) is 6.94. The molecule has 10 heteroatoms. The quantitative estimate of drug-likeness (QED) is 0.320. The SMILES string of the molecule is CCN(C(=O)C(CS)=N[I-]OC)c1cn(-c2cccnc2)nc1Cl. The normalized spacial score (nSPS) is 11.8. The first-order chi connectivity index (χ1) is 11.6. The summed E-state index contributed by atoms with van der Waals surface area (Å²) in [5, 5.41) is 4.48. The molecule has 2 aromatic rings. The summed E-state index contributed by atoms with van der Waals surface area (Å²) in [4.78, 5) is 18.3. The monoisotopic (exact) mass is 480 g/mol. The maximum atomic E-state index is 12.7. The number of amides is 1. The molecule has 2 heterocycles. The van der Waals surface area contributed by atoms with Gasteiger partial charge in [-0.15, -0.1) is 0 Å². The molecule has 7 nitrogen and oxygen atoms in total. The molecule has 0 aliphatic carbocycles. The summed E-state index contributed by atoms with van der Waals surface area (Å²) >= 11 is 9.56. The van der Waals surface area contributed by atoms with E-state index >= 15 is 0 Å². The molecule has 0 aromatic carbocycles. The van der Waals surface area contributed by atoms with Crippen molar-refractivity contribution in [2.24, 2.45) is 3.21 Å².